The van der Waals surface area contributed by atoms with E-state index in [2.05, 4.69) is 10.6 Å². The largest absolute Gasteiger partial charge is 0.495 e. The number of aryl methyl sites for hydroxylation is 1. The number of ether oxygens (including phenoxy) is 2. The molecular weight excluding hydrogens is 518 g/mol. The number of carbonyl (C=O) groups excluding carboxylic acids is 1. The molecule has 2 fully saturated rings. The topological polar surface area (TPSA) is 120 Å². The smallest absolute Gasteiger partial charge is 0.246 e. The molecule has 2 aliphatic rings. The lowest BCUT2D eigenvalue weighted by Gasteiger charge is -2.35. The second-order valence-corrected chi connectivity index (χ2v) is 12.2. The molecule has 2 aliphatic heterocycles. The molecule has 10 nitrogen and oxygen atoms in total. The van der Waals surface area contributed by atoms with E-state index in [0.717, 1.165) is 42.7 Å². The highest BCUT2D eigenvalue weighted by atomic mass is 32.2. The molecule has 0 aliphatic carbocycles. The number of likely N-dealkylation sites (tertiary alicyclic amines) is 1. The quantitative estimate of drug-likeness (QED) is 0.403. The summed E-state index contributed by atoms with van der Waals surface area (Å²) in [6.07, 6.45) is 2.65. The molecule has 1 amide bonds. The van der Waals surface area contributed by atoms with Crippen molar-refractivity contribution in [3.63, 3.8) is 0 Å². The molecule has 3 aromatic rings. The Bertz CT molecular complexity index is 1420. The molecule has 0 saturated carbocycles. The first-order valence-electron chi connectivity index (χ1n) is 13.5. The van der Waals surface area contributed by atoms with Crippen LogP contribution in [0.5, 0.6) is 5.75 Å². The van der Waals surface area contributed by atoms with Crippen LogP contribution >= 0.6 is 0 Å². The minimum absolute atomic E-state index is 0.0527. The second-order valence-electron chi connectivity index (χ2n) is 10.3. The Balaban J connectivity index is 1.33. The van der Waals surface area contributed by atoms with Gasteiger partial charge >= 0.3 is 0 Å². The standard InChI is InChI=1S/C28H37N5O5S/c1-37-16-8-15-33-24-11-4-3-10-23(24)30-27(33)20-9-7-14-31(17-20)28(34)21-18-32(19-22(21)29)39(35,36)26-13-6-5-12-25(26)38-2/h3-6,10-13,20-22H,7-9,14-19,29H2,1-2H3/t20-,21-,22-/m1/s1. The molecule has 39 heavy (non-hydrogen) atoms. The normalized spacial score (nSPS) is 22.4. The van der Waals surface area contributed by atoms with Gasteiger partial charge in [0.1, 0.15) is 16.5 Å². The number of amides is 1. The fraction of sp³-hybridized carbons (Fsp3) is 0.500. The van der Waals surface area contributed by atoms with Crippen LogP contribution in [0.4, 0.5) is 0 Å². The van der Waals surface area contributed by atoms with E-state index < -0.39 is 22.0 Å². The third-order valence-electron chi connectivity index (χ3n) is 7.85. The maximum atomic E-state index is 13.7. The first-order chi connectivity index (χ1) is 18.8. The average Bonchev–Trinajstić information content (AvgIpc) is 3.54. The zero-order valence-electron chi connectivity index (χ0n) is 22.5. The summed E-state index contributed by atoms with van der Waals surface area (Å²) in [6.45, 7) is 2.75. The van der Waals surface area contributed by atoms with Gasteiger partial charge in [-0.3, -0.25) is 4.79 Å². The van der Waals surface area contributed by atoms with Gasteiger partial charge in [0.15, 0.2) is 0 Å². The van der Waals surface area contributed by atoms with Crippen molar-refractivity contribution < 1.29 is 22.7 Å². The van der Waals surface area contributed by atoms with Crippen LogP contribution < -0.4 is 10.5 Å². The van der Waals surface area contributed by atoms with Crippen molar-refractivity contribution in [2.75, 3.05) is 47.0 Å². The number of hydrogen-bond donors (Lipinski definition) is 1. The molecule has 0 radical (unpaired) electrons. The molecule has 5 rings (SSSR count). The predicted molar refractivity (Wildman–Crippen MR) is 148 cm³/mol. The monoisotopic (exact) mass is 555 g/mol. The van der Waals surface area contributed by atoms with E-state index in [1.807, 2.05) is 23.1 Å². The Hall–Kier alpha value is -2.99. The zero-order chi connectivity index (χ0) is 27.6. The molecule has 0 bridgehead atoms. The Morgan fingerprint density at radius 3 is 2.64 bits per heavy atom. The van der Waals surface area contributed by atoms with E-state index in [4.69, 9.17) is 20.2 Å². The van der Waals surface area contributed by atoms with Gasteiger partial charge in [0.2, 0.25) is 15.9 Å². The van der Waals surface area contributed by atoms with Crippen LogP contribution in [0.15, 0.2) is 53.4 Å². The van der Waals surface area contributed by atoms with E-state index in [-0.39, 0.29) is 35.6 Å². The van der Waals surface area contributed by atoms with Gasteiger partial charge in [-0.05, 0) is 43.5 Å². The third-order valence-corrected chi connectivity index (χ3v) is 9.72. The van der Waals surface area contributed by atoms with Gasteiger partial charge in [-0.15, -0.1) is 0 Å². The average molecular weight is 556 g/mol. The minimum Gasteiger partial charge on any atom is -0.495 e. The van der Waals surface area contributed by atoms with Gasteiger partial charge in [0, 0.05) is 58.4 Å². The Morgan fingerprint density at radius 2 is 1.85 bits per heavy atom. The van der Waals surface area contributed by atoms with Crippen molar-refractivity contribution in [1.82, 2.24) is 18.8 Å². The molecular formula is C28H37N5O5S. The van der Waals surface area contributed by atoms with Crippen LogP contribution in [0.25, 0.3) is 11.0 Å². The predicted octanol–water partition coefficient (Wildman–Crippen LogP) is 2.44. The summed E-state index contributed by atoms with van der Waals surface area (Å²) in [5.41, 5.74) is 8.43. The van der Waals surface area contributed by atoms with Gasteiger partial charge in [0.05, 0.1) is 24.1 Å². The van der Waals surface area contributed by atoms with Crippen molar-refractivity contribution in [1.29, 1.82) is 0 Å². The Labute approximate surface area is 229 Å². The van der Waals surface area contributed by atoms with Crippen LogP contribution in [0, 0.1) is 5.92 Å². The highest BCUT2D eigenvalue weighted by Gasteiger charge is 2.44. The van der Waals surface area contributed by atoms with E-state index >= 15 is 0 Å². The van der Waals surface area contributed by atoms with Crippen molar-refractivity contribution in [3.8, 4) is 5.75 Å². The number of carbonyl (C=O) groups is 1. The summed E-state index contributed by atoms with van der Waals surface area (Å²) in [5.74, 6) is 0.651. The number of hydrogen-bond acceptors (Lipinski definition) is 7. The van der Waals surface area contributed by atoms with Crippen molar-refractivity contribution >= 4 is 27.0 Å². The summed E-state index contributed by atoms with van der Waals surface area (Å²) in [4.78, 5) is 20.7. The van der Waals surface area contributed by atoms with Crippen molar-refractivity contribution in [2.24, 2.45) is 11.7 Å². The van der Waals surface area contributed by atoms with Gasteiger partial charge in [-0.2, -0.15) is 4.31 Å². The summed E-state index contributed by atoms with van der Waals surface area (Å²) in [5, 5.41) is 0. The fourth-order valence-electron chi connectivity index (χ4n) is 5.85. The van der Waals surface area contributed by atoms with Crippen molar-refractivity contribution in [3.05, 3.63) is 54.4 Å². The molecule has 210 valence electrons. The number of methoxy groups -OCH3 is 2. The zero-order valence-corrected chi connectivity index (χ0v) is 23.3. The number of sulfonamides is 1. The maximum Gasteiger partial charge on any atom is 0.246 e. The van der Waals surface area contributed by atoms with Gasteiger partial charge in [-0.1, -0.05) is 24.3 Å². The molecule has 3 atom stereocenters. The lowest BCUT2D eigenvalue weighted by Crippen LogP contribution is -2.47. The van der Waals surface area contributed by atoms with Crippen LogP contribution in [0.2, 0.25) is 0 Å². The van der Waals surface area contributed by atoms with E-state index in [1.54, 1.807) is 25.3 Å². The SMILES string of the molecule is COCCCn1c([C@@H]2CCCN(C(=O)[C@@H]3CN(S(=O)(=O)c4ccccc4OC)C[C@H]3N)C2)nc2ccccc21. The van der Waals surface area contributed by atoms with Crippen molar-refractivity contribution in [2.45, 2.75) is 42.7 Å². The number of nitrogens with two attached hydrogens (primary N) is 1. The molecule has 2 N–H and O–H groups in total. The first-order valence-corrected chi connectivity index (χ1v) is 14.9. The fourth-order valence-corrected chi connectivity index (χ4v) is 7.51. The lowest BCUT2D eigenvalue weighted by molar-refractivity contribution is -0.136. The van der Waals surface area contributed by atoms with Crippen LogP contribution in [-0.4, -0.2) is 86.1 Å². The second kappa shape index (κ2) is 11.6. The molecule has 3 heterocycles. The number of para-hydroxylation sites is 3. The number of piperidine rings is 1. The van der Waals surface area contributed by atoms with Crippen LogP contribution in [-0.2, 0) is 26.1 Å². The molecule has 11 heteroatoms. The minimum atomic E-state index is -3.86. The summed E-state index contributed by atoms with van der Waals surface area (Å²) >= 11 is 0. The summed E-state index contributed by atoms with van der Waals surface area (Å²) in [6, 6.07) is 14.0. The summed E-state index contributed by atoms with van der Waals surface area (Å²) in [7, 11) is -0.721. The Kier molecular flexibility index (Phi) is 8.22. The Morgan fingerprint density at radius 1 is 1.08 bits per heavy atom. The molecule has 1 aromatic heterocycles. The molecule has 2 saturated heterocycles. The highest BCUT2D eigenvalue weighted by molar-refractivity contribution is 7.89. The van der Waals surface area contributed by atoms with Gasteiger partial charge in [-0.25, -0.2) is 13.4 Å². The number of fused-ring (bicyclic) bond motifs is 1. The number of imidazole rings is 1. The van der Waals surface area contributed by atoms with E-state index in [0.29, 0.717) is 19.7 Å². The number of benzene rings is 2. The number of rotatable bonds is 9. The maximum absolute atomic E-state index is 13.7. The lowest BCUT2D eigenvalue weighted by atomic mass is 9.94. The van der Waals surface area contributed by atoms with Crippen LogP contribution in [0.3, 0.4) is 0 Å². The number of aromatic nitrogens is 2. The van der Waals surface area contributed by atoms with Gasteiger partial charge in [0.25, 0.3) is 0 Å². The molecule has 2 aromatic carbocycles. The van der Waals surface area contributed by atoms with Gasteiger partial charge < -0.3 is 24.7 Å². The third kappa shape index (κ3) is 5.41. The highest BCUT2D eigenvalue weighted by Crippen LogP contribution is 2.33. The summed E-state index contributed by atoms with van der Waals surface area (Å²) < 4.78 is 41.0. The first kappa shape index (κ1) is 27.6. The van der Waals surface area contributed by atoms with E-state index in [9.17, 15) is 13.2 Å². The van der Waals surface area contributed by atoms with E-state index in [1.165, 1.54) is 17.5 Å². The van der Waals surface area contributed by atoms with Crippen LogP contribution in [0.1, 0.15) is 31.0 Å². The molecule has 0 spiro atoms. The number of nitrogens with zero attached hydrogens (tertiary/aromatic N) is 4. The molecule has 0 unspecified atom stereocenters.